The maximum Gasteiger partial charge on any atom is 0.229 e. The minimum Gasteiger partial charge on any atom is -0.491 e. The van der Waals surface area contributed by atoms with Gasteiger partial charge in [0, 0.05) is 11.8 Å². The number of carbonyl (C=O) groups is 1. The van der Waals surface area contributed by atoms with Gasteiger partial charge in [0.1, 0.15) is 5.75 Å². The van der Waals surface area contributed by atoms with Crippen molar-refractivity contribution in [2.45, 2.75) is 19.8 Å². The van der Waals surface area contributed by atoms with Crippen molar-refractivity contribution in [1.82, 2.24) is 10.2 Å². The number of aryl methyl sites for hydroxylation is 1. The molecule has 0 aliphatic rings. The molecule has 2 rings (SSSR count). The second-order valence-corrected chi connectivity index (χ2v) is 4.62. The van der Waals surface area contributed by atoms with E-state index < -0.39 is 0 Å². The number of benzene rings is 1. The average molecular weight is 294 g/mol. The van der Waals surface area contributed by atoms with Gasteiger partial charge in [-0.05, 0) is 18.6 Å². The third-order valence-corrected chi connectivity index (χ3v) is 3.01. The van der Waals surface area contributed by atoms with Gasteiger partial charge >= 0.3 is 0 Å². The molecule has 0 spiro atoms. The van der Waals surface area contributed by atoms with Gasteiger partial charge < -0.3 is 10.1 Å². The Morgan fingerprint density at radius 1 is 1.45 bits per heavy atom. The number of ether oxygens (including phenoxy) is 1. The van der Waals surface area contributed by atoms with Crippen LogP contribution in [0.4, 0.5) is 5.82 Å². The molecule has 1 amide bonds. The first kappa shape index (κ1) is 14.4. The van der Waals surface area contributed by atoms with Crippen LogP contribution < -0.4 is 10.1 Å². The number of amides is 1. The smallest absolute Gasteiger partial charge is 0.229 e. The fraction of sp³-hybridized carbons (Fsp3) is 0.286. The normalized spacial score (nSPS) is 10.3. The molecule has 0 aliphatic heterocycles. The molecule has 0 saturated carbocycles. The first-order valence-electron chi connectivity index (χ1n) is 6.40. The van der Waals surface area contributed by atoms with Crippen molar-refractivity contribution >= 4 is 23.3 Å². The molecule has 0 aliphatic carbocycles. The number of H-pyrrole nitrogens is 1. The molecule has 106 valence electrons. The van der Waals surface area contributed by atoms with E-state index in [-0.39, 0.29) is 18.9 Å². The van der Waals surface area contributed by atoms with E-state index in [2.05, 4.69) is 15.5 Å². The van der Waals surface area contributed by atoms with Gasteiger partial charge in [-0.2, -0.15) is 5.10 Å². The summed E-state index contributed by atoms with van der Waals surface area (Å²) in [5, 5.41) is 10.1. The molecule has 5 nitrogen and oxygen atoms in total. The fourth-order valence-corrected chi connectivity index (χ4v) is 1.82. The highest BCUT2D eigenvalue weighted by atomic mass is 35.5. The van der Waals surface area contributed by atoms with Gasteiger partial charge in [0.05, 0.1) is 18.1 Å². The number of anilines is 1. The first-order valence-corrected chi connectivity index (χ1v) is 6.78. The van der Waals surface area contributed by atoms with Gasteiger partial charge in [-0.3, -0.25) is 9.89 Å². The highest BCUT2D eigenvalue weighted by molar-refractivity contribution is 6.32. The molecular weight excluding hydrogens is 278 g/mol. The van der Waals surface area contributed by atoms with E-state index in [1.807, 2.05) is 25.1 Å². The minimum absolute atomic E-state index is 0.147. The Morgan fingerprint density at radius 2 is 2.25 bits per heavy atom. The monoisotopic (exact) mass is 293 g/mol. The summed E-state index contributed by atoms with van der Waals surface area (Å²) in [5.74, 6) is 0.964. The third kappa shape index (κ3) is 3.99. The number of para-hydroxylation sites is 1. The lowest BCUT2D eigenvalue weighted by Crippen LogP contribution is -2.15. The number of halogens is 1. The Morgan fingerprint density at radius 3 is 2.95 bits per heavy atom. The van der Waals surface area contributed by atoms with Crippen LogP contribution in [-0.4, -0.2) is 22.7 Å². The molecule has 0 unspecified atom stereocenters. The topological polar surface area (TPSA) is 67.0 Å². The van der Waals surface area contributed by atoms with Crippen LogP contribution in [0.1, 0.15) is 19.0 Å². The van der Waals surface area contributed by atoms with E-state index >= 15 is 0 Å². The van der Waals surface area contributed by atoms with E-state index in [0.29, 0.717) is 16.6 Å². The maximum atomic E-state index is 11.7. The predicted octanol–water partition coefficient (Wildman–Crippen LogP) is 3.03. The summed E-state index contributed by atoms with van der Waals surface area (Å²) in [4.78, 5) is 11.7. The highest BCUT2D eigenvalue weighted by Crippen LogP contribution is 2.23. The van der Waals surface area contributed by atoms with Gasteiger partial charge in [-0.25, -0.2) is 0 Å². The molecule has 0 bridgehead atoms. The number of nitrogens with zero attached hydrogens (tertiary/aromatic N) is 1. The summed E-state index contributed by atoms with van der Waals surface area (Å²) in [5.41, 5.74) is 0.979. The van der Waals surface area contributed by atoms with Crippen LogP contribution >= 0.6 is 11.6 Å². The summed E-state index contributed by atoms with van der Waals surface area (Å²) >= 11 is 5.95. The number of rotatable bonds is 6. The molecule has 0 saturated heterocycles. The van der Waals surface area contributed by atoms with Crippen molar-refractivity contribution in [2.24, 2.45) is 0 Å². The maximum absolute atomic E-state index is 11.7. The van der Waals surface area contributed by atoms with Crippen molar-refractivity contribution in [1.29, 1.82) is 0 Å². The molecule has 2 aromatic rings. The van der Waals surface area contributed by atoms with Crippen LogP contribution in [-0.2, 0) is 11.2 Å². The van der Waals surface area contributed by atoms with E-state index in [4.69, 9.17) is 16.3 Å². The number of carbonyl (C=O) groups excluding carboxylic acids is 1. The Balaban J connectivity index is 1.77. The van der Waals surface area contributed by atoms with Crippen molar-refractivity contribution in [2.75, 3.05) is 11.9 Å². The molecule has 1 aromatic heterocycles. The number of nitrogens with one attached hydrogen (secondary N) is 2. The first-order chi connectivity index (χ1) is 9.69. The van der Waals surface area contributed by atoms with Crippen LogP contribution in [0.25, 0.3) is 0 Å². The second kappa shape index (κ2) is 6.96. The lowest BCUT2D eigenvalue weighted by Gasteiger charge is -2.07. The summed E-state index contributed by atoms with van der Waals surface area (Å²) in [6, 6.07) is 8.98. The number of aromatic nitrogens is 2. The zero-order valence-corrected chi connectivity index (χ0v) is 11.9. The largest absolute Gasteiger partial charge is 0.491 e. The summed E-state index contributed by atoms with van der Waals surface area (Å²) < 4.78 is 5.45. The molecule has 1 aromatic carbocycles. The molecule has 0 fully saturated rings. The van der Waals surface area contributed by atoms with Gasteiger partial charge in [-0.1, -0.05) is 30.7 Å². The van der Waals surface area contributed by atoms with Gasteiger partial charge in [-0.15, -0.1) is 0 Å². The molecule has 2 N–H and O–H groups in total. The van der Waals surface area contributed by atoms with Crippen LogP contribution in [0, 0.1) is 0 Å². The van der Waals surface area contributed by atoms with Crippen LogP contribution in [0.15, 0.2) is 30.3 Å². The number of aromatic amines is 1. The van der Waals surface area contributed by atoms with Gasteiger partial charge in [0.2, 0.25) is 5.91 Å². The standard InChI is InChI=1S/C14H16ClN3O2/c1-2-10-9-13(18-17-10)16-14(19)7-8-20-12-6-4-3-5-11(12)15/h3-6,9H,2,7-8H2,1H3,(H2,16,17,18,19). The highest BCUT2D eigenvalue weighted by Gasteiger charge is 2.06. The van der Waals surface area contributed by atoms with E-state index in [9.17, 15) is 4.79 Å². The lowest BCUT2D eigenvalue weighted by atomic mass is 10.3. The Bertz CT molecular complexity index is 583. The molecule has 6 heteroatoms. The predicted molar refractivity (Wildman–Crippen MR) is 78.2 cm³/mol. The molecule has 0 atom stereocenters. The summed E-state index contributed by atoms with van der Waals surface area (Å²) in [6.45, 7) is 2.27. The van der Waals surface area contributed by atoms with E-state index in [0.717, 1.165) is 12.1 Å². The SMILES string of the molecule is CCc1cc(NC(=O)CCOc2ccccc2Cl)n[nH]1. The lowest BCUT2D eigenvalue weighted by molar-refractivity contribution is -0.116. The Kier molecular flexibility index (Phi) is 5.01. The minimum atomic E-state index is -0.147. The van der Waals surface area contributed by atoms with Crippen molar-refractivity contribution in [3.8, 4) is 5.75 Å². The Labute approximate surface area is 122 Å². The van der Waals surface area contributed by atoms with Crippen LogP contribution in [0.3, 0.4) is 0 Å². The summed E-state index contributed by atoms with van der Waals surface area (Å²) in [7, 11) is 0. The number of hydrogen-bond donors (Lipinski definition) is 2. The van der Waals surface area contributed by atoms with Crippen molar-refractivity contribution in [3.63, 3.8) is 0 Å². The molecule has 1 heterocycles. The zero-order chi connectivity index (χ0) is 14.4. The van der Waals surface area contributed by atoms with Crippen LogP contribution in [0.2, 0.25) is 5.02 Å². The van der Waals surface area contributed by atoms with Crippen molar-refractivity contribution < 1.29 is 9.53 Å². The van der Waals surface area contributed by atoms with Gasteiger partial charge in [0.25, 0.3) is 0 Å². The van der Waals surface area contributed by atoms with Crippen LogP contribution in [0.5, 0.6) is 5.75 Å². The fourth-order valence-electron chi connectivity index (χ4n) is 1.63. The van der Waals surface area contributed by atoms with E-state index in [1.165, 1.54) is 0 Å². The second-order valence-electron chi connectivity index (χ2n) is 4.21. The Hall–Kier alpha value is -2.01. The van der Waals surface area contributed by atoms with Gasteiger partial charge in [0.15, 0.2) is 5.82 Å². The van der Waals surface area contributed by atoms with E-state index in [1.54, 1.807) is 12.1 Å². The molecule has 0 radical (unpaired) electrons. The molecule has 20 heavy (non-hydrogen) atoms. The van der Waals surface area contributed by atoms with Crippen molar-refractivity contribution in [3.05, 3.63) is 41.0 Å². The third-order valence-electron chi connectivity index (χ3n) is 2.70. The number of hydrogen-bond acceptors (Lipinski definition) is 3. The zero-order valence-electron chi connectivity index (χ0n) is 11.1. The quantitative estimate of drug-likeness (QED) is 0.860. The molecular formula is C14H16ClN3O2. The summed E-state index contributed by atoms with van der Waals surface area (Å²) in [6.07, 6.45) is 1.08. The average Bonchev–Trinajstić information content (AvgIpc) is 2.88.